The summed E-state index contributed by atoms with van der Waals surface area (Å²) in [6.07, 6.45) is 2.71. The molecule has 0 bridgehead atoms. The summed E-state index contributed by atoms with van der Waals surface area (Å²) in [6, 6.07) is 14.1. The molecule has 0 saturated carbocycles. The normalized spacial score (nSPS) is 16.1. The van der Waals surface area contributed by atoms with Crippen LogP contribution < -0.4 is 9.62 Å². The van der Waals surface area contributed by atoms with Gasteiger partial charge in [-0.05, 0) is 68.7 Å². The van der Waals surface area contributed by atoms with E-state index in [0.29, 0.717) is 5.69 Å². The van der Waals surface area contributed by atoms with Crippen LogP contribution in [0.3, 0.4) is 0 Å². The van der Waals surface area contributed by atoms with Gasteiger partial charge < -0.3 is 4.90 Å². The molecule has 142 valence electrons. The zero-order valence-corrected chi connectivity index (χ0v) is 17.1. The highest BCUT2D eigenvalue weighted by Crippen LogP contribution is 2.44. The predicted molar refractivity (Wildman–Crippen MR) is 114 cm³/mol. The maximum Gasteiger partial charge on any atom is 0.261 e. The fraction of sp³-hybridized carbons (Fsp3) is 0.273. The summed E-state index contributed by atoms with van der Waals surface area (Å²) in [5, 5.41) is 0. The molecule has 0 aliphatic carbocycles. The van der Waals surface area contributed by atoms with Crippen molar-refractivity contribution in [2.24, 2.45) is 0 Å². The van der Waals surface area contributed by atoms with Gasteiger partial charge in [-0.2, -0.15) is 0 Å². The van der Waals surface area contributed by atoms with Crippen molar-refractivity contribution in [1.29, 1.82) is 0 Å². The molecule has 0 amide bonds. The van der Waals surface area contributed by atoms with Crippen LogP contribution in [0, 0.1) is 0 Å². The van der Waals surface area contributed by atoms with E-state index in [2.05, 4.69) is 44.0 Å². The van der Waals surface area contributed by atoms with Gasteiger partial charge in [0, 0.05) is 24.0 Å². The van der Waals surface area contributed by atoms with Crippen LogP contribution in [0.25, 0.3) is 5.57 Å². The van der Waals surface area contributed by atoms with Gasteiger partial charge in [0.2, 0.25) is 0 Å². The van der Waals surface area contributed by atoms with Crippen LogP contribution in [0.5, 0.6) is 0 Å². The number of nitrogens with zero attached hydrogens (tertiary/aromatic N) is 1. The van der Waals surface area contributed by atoms with Gasteiger partial charge in [0.15, 0.2) is 0 Å². The van der Waals surface area contributed by atoms with Crippen molar-refractivity contribution in [3.8, 4) is 0 Å². The zero-order valence-electron chi connectivity index (χ0n) is 16.3. The minimum Gasteiger partial charge on any atom is -0.365 e. The van der Waals surface area contributed by atoms with E-state index in [0.717, 1.165) is 17.7 Å². The van der Waals surface area contributed by atoms with Crippen molar-refractivity contribution in [1.82, 2.24) is 0 Å². The third-order valence-corrected chi connectivity index (χ3v) is 6.84. The van der Waals surface area contributed by atoms with E-state index in [-0.39, 0.29) is 10.4 Å². The van der Waals surface area contributed by atoms with Crippen LogP contribution in [0.15, 0.2) is 71.7 Å². The predicted octanol–water partition coefficient (Wildman–Crippen LogP) is 5.07. The molecule has 0 spiro atoms. The summed E-state index contributed by atoms with van der Waals surface area (Å²) in [5.74, 6) is 0. The average molecular weight is 383 g/mol. The number of hydrogen-bond donors (Lipinski definition) is 1. The monoisotopic (exact) mass is 382 g/mol. The van der Waals surface area contributed by atoms with Crippen molar-refractivity contribution in [3.63, 3.8) is 0 Å². The molecule has 0 saturated heterocycles. The molecular weight excluding hydrogens is 356 g/mol. The summed E-state index contributed by atoms with van der Waals surface area (Å²) in [7, 11) is -1.54. The van der Waals surface area contributed by atoms with Crippen LogP contribution in [-0.2, 0) is 10.0 Å². The molecule has 0 radical (unpaired) electrons. The van der Waals surface area contributed by atoms with Gasteiger partial charge in [0.1, 0.15) is 0 Å². The van der Waals surface area contributed by atoms with E-state index < -0.39 is 10.0 Å². The molecule has 1 heterocycles. The number of nitrogens with one attached hydrogen (secondary N) is 1. The van der Waals surface area contributed by atoms with Gasteiger partial charge in [-0.1, -0.05) is 24.3 Å². The highest BCUT2D eigenvalue weighted by atomic mass is 32.2. The number of fused-ring (bicyclic) bond motifs is 1. The highest BCUT2D eigenvalue weighted by molar-refractivity contribution is 7.92. The quantitative estimate of drug-likeness (QED) is 0.735. The van der Waals surface area contributed by atoms with E-state index in [1.54, 1.807) is 30.3 Å². The molecule has 2 aromatic rings. The molecule has 0 unspecified atom stereocenters. The number of benzene rings is 2. The van der Waals surface area contributed by atoms with Gasteiger partial charge in [-0.3, -0.25) is 4.72 Å². The lowest BCUT2D eigenvalue weighted by Gasteiger charge is -2.45. The Labute approximate surface area is 162 Å². The number of anilines is 2. The van der Waals surface area contributed by atoms with Crippen molar-refractivity contribution in [3.05, 3.63) is 72.3 Å². The van der Waals surface area contributed by atoms with Crippen LogP contribution >= 0.6 is 0 Å². The van der Waals surface area contributed by atoms with Gasteiger partial charge in [-0.25, -0.2) is 8.42 Å². The molecular formula is C22H26N2O2S. The number of rotatable bonds is 5. The second-order valence-corrected chi connectivity index (χ2v) is 9.05. The Morgan fingerprint density at radius 2 is 1.81 bits per heavy atom. The summed E-state index contributed by atoms with van der Waals surface area (Å²) in [4.78, 5) is 2.49. The minimum absolute atomic E-state index is 0.129. The number of likely N-dealkylation sites (N-methyl/N-ethyl adjacent to an activating group) is 1. The Bertz CT molecular complexity index is 1010. The molecule has 1 aliphatic rings. The summed E-state index contributed by atoms with van der Waals surface area (Å²) >= 11 is 0. The fourth-order valence-electron chi connectivity index (χ4n) is 3.68. The van der Waals surface area contributed by atoms with E-state index in [9.17, 15) is 8.42 Å². The average Bonchev–Trinajstić information content (AvgIpc) is 2.64. The Kier molecular flexibility index (Phi) is 4.91. The third kappa shape index (κ3) is 3.39. The molecule has 1 aliphatic heterocycles. The minimum atomic E-state index is -3.61. The second-order valence-electron chi connectivity index (χ2n) is 7.36. The van der Waals surface area contributed by atoms with Gasteiger partial charge in [-0.15, -0.1) is 6.58 Å². The van der Waals surface area contributed by atoms with Crippen molar-refractivity contribution in [2.75, 3.05) is 16.7 Å². The largest absolute Gasteiger partial charge is 0.365 e. The number of allylic oxidation sites excluding steroid dienone is 2. The smallest absolute Gasteiger partial charge is 0.261 e. The first-order chi connectivity index (χ1) is 12.7. The van der Waals surface area contributed by atoms with Gasteiger partial charge >= 0.3 is 0 Å². The standard InChI is InChI=1S/C22H26N2O2S/c1-6-10-20-16(2)19-15-17(13-14-21(19)24(5)22(20,3)4)23-27(25,26)18-11-8-7-9-12-18/h6-9,11-15,23H,1,10H2,2-5H3. The highest BCUT2D eigenvalue weighted by Gasteiger charge is 2.35. The Hall–Kier alpha value is -2.53. The maximum atomic E-state index is 12.6. The van der Waals surface area contributed by atoms with E-state index in [4.69, 9.17) is 0 Å². The van der Waals surface area contributed by atoms with Crippen molar-refractivity contribution in [2.45, 2.75) is 37.6 Å². The molecule has 2 aromatic carbocycles. The molecule has 0 fully saturated rings. The van der Waals surface area contributed by atoms with E-state index in [1.807, 2.05) is 24.3 Å². The van der Waals surface area contributed by atoms with E-state index in [1.165, 1.54) is 11.1 Å². The molecule has 3 rings (SSSR count). The first-order valence-corrected chi connectivity index (χ1v) is 10.4. The summed E-state index contributed by atoms with van der Waals surface area (Å²) < 4.78 is 28.0. The first kappa shape index (κ1) is 19.2. The van der Waals surface area contributed by atoms with E-state index >= 15 is 0 Å². The topological polar surface area (TPSA) is 49.4 Å². The van der Waals surface area contributed by atoms with Crippen molar-refractivity contribution >= 4 is 27.0 Å². The zero-order chi connectivity index (χ0) is 19.8. The fourth-order valence-corrected chi connectivity index (χ4v) is 4.75. The lowest BCUT2D eigenvalue weighted by atomic mass is 9.79. The van der Waals surface area contributed by atoms with Crippen LogP contribution in [0.2, 0.25) is 0 Å². The summed E-state index contributed by atoms with van der Waals surface area (Å²) in [6.45, 7) is 10.4. The van der Waals surface area contributed by atoms with Crippen LogP contribution in [0.4, 0.5) is 11.4 Å². The third-order valence-electron chi connectivity index (χ3n) is 5.45. The Morgan fingerprint density at radius 1 is 1.15 bits per heavy atom. The lowest BCUT2D eigenvalue weighted by Crippen LogP contribution is -2.45. The SMILES string of the molecule is C=CCC1=C(C)c2cc(NS(=O)(=O)c3ccccc3)ccc2N(C)C1(C)C. The second kappa shape index (κ2) is 6.89. The molecule has 0 aromatic heterocycles. The summed E-state index contributed by atoms with van der Waals surface area (Å²) in [5.41, 5.74) is 5.03. The van der Waals surface area contributed by atoms with Crippen LogP contribution in [0.1, 0.15) is 32.8 Å². The van der Waals surface area contributed by atoms with Crippen LogP contribution in [-0.4, -0.2) is 21.0 Å². The lowest BCUT2D eigenvalue weighted by molar-refractivity contribution is 0.552. The number of sulfonamides is 1. The maximum absolute atomic E-state index is 12.6. The number of hydrogen-bond acceptors (Lipinski definition) is 3. The molecule has 27 heavy (non-hydrogen) atoms. The Morgan fingerprint density at radius 3 is 2.44 bits per heavy atom. The first-order valence-electron chi connectivity index (χ1n) is 8.95. The molecule has 0 atom stereocenters. The molecule has 5 heteroatoms. The molecule has 1 N–H and O–H groups in total. The van der Waals surface area contributed by atoms with Gasteiger partial charge in [0.25, 0.3) is 10.0 Å². The Balaban J connectivity index is 2.05. The van der Waals surface area contributed by atoms with Crippen molar-refractivity contribution < 1.29 is 8.42 Å². The molecule has 4 nitrogen and oxygen atoms in total. The van der Waals surface area contributed by atoms with Gasteiger partial charge in [0.05, 0.1) is 10.4 Å².